The predicted molar refractivity (Wildman–Crippen MR) is 124 cm³/mol. The lowest BCUT2D eigenvalue weighted by Crippen LogP contribution is -2.50. The fraction of sp³-hybridized carbons (Fsp3) is 0.364. The minimum atomic E-state index is -3.84. The molecule has 0 fully saturated rings. The van der Waals surface area contributed by atoms with E-state index in [4.69, 9.17) is 0 Å². The molecule has 2 aromatic carbocycles. The highest BCUT2D eigenvalue weighted by atomic mass is 79.9. The smallest absolute Gasteiger partial charge is 0.243 e. The molecule has 2 aromatic rings. The van der Waals surface area contributed by atoms with E-state index in [-0.39, 0.29) is 23.9 Å². The van der Waals surface area contributed by atoms with Crippen LogP contribution in [-0.2, 0) is 26.2 Å². The summed E-state index contributed by atoms with van der Waals surface area (Å²) in [7, 11) is -2.48. The molecule has 7 nitrogen and oxygen atoms in total. The van der Waals surface area contributed by atoms with Crippen molar-refractivity contribution in [1.82, 2.24) is 14.5 Å². The Balaban J connectivity index is 2.26. The van der Waals surface area contributed by atoms with E-state index in [2.05, 4.69) is 21.2 Å². The fourth-order valence-corrected chi connectivity index (χ4v) is 4.56. The van der Waals surface area contributed by atoms with E-state index in [1.165, 1.54) is 24.1 Å². The molecule has 0 saturated carbocycles. The molecule has 0 heterocycles. The van der Waals surface area contributed by atoms with Gasteiger partial charge in [0.15, 0.2) is 0 Å². The number of likely N-dealkylation sites (N-methyl/N-ethyl adjacent to an activating group) is 2. The first-order chi connectivity index (χ1) is 14.6. The van der Waals surface area contributed by atoms with E-state index in [0.29, 0.717) is 6.54 Å². The van der Waals surface area contributed by atoms with Crippen molar-refractivity contribution in [3.63, 3.8) is 0 Å². The monoisotopic (exact) mass is 509 g/mol. The van der Waals surface area contributed by atoms with Crippen molar-refractivity contribution in [3.05, 3.63) is 64.1 Å². The Morgan fingerprint density at radius 1 is 1.13 bits per heavy atom. The highest BCUT2D eigenvalue weighted by Gasteiger charge is 2.30. The SMILES string of the molecule is CCNC(=O)[C@H](C)N(Cc1cccc(Br)c1)C(=O)CN(C)S(=O)(=O)c1ccc(C)cc1. The molecule has 0 bridgehead atoms. The quantitative estimate of drug-likeness (QED) is 0.562. The van der Waals surface area contributed by atoms with Crippen molar-refractivity contribution in [2.45, 2.75) is 38.3 Å². The summed E-state index contributed by atoms with van der Waals surface area (Å²) < 4.78 is 27.6. The third-order valence-corrected chi connectivity index (χ3v) is 7.16. The van der Waals surface area contributed by atoms with Gasteiger partial charge in [0.25, 0.3) is 0 Å². The molecule has 2 rings (SSSR count). The maximum Gasteiger partial charge on any atom is 0.243 e. The molecule has 0 spiro atoms. The first-order valence-electron chi connectivity index (χ1n) is 9.91. The number of rotatable bonds is 9. The summed E-state index contributed by atoms with van der Waals surface area (Å²) >= 11 is 3.41. The highest BCUT2D eigenvalue weighted by molar-refractivity contribution is 9.10. The topological polar surface area (TPSA) is 86.8 Å². The molecule has 1 atom stereocenters. The van der Waals surface area contributed by atoms with Crippen molar-refractivity contribution in [3.8, 4) is 0 Å². The van der Waals surface area contributed by atoms with Gasteiger partial charge >= 0.3 is 0 Å². The maximum absolute atomic E-state index is 13.2. The number of nitrogens with one attached hydrogen (secondary N) is 1. The van der Waals surface area contributed by atoms with Crippen molar-refractivity contribution >= 4 is 37.8 Å². The summed E-state index contributed by atoms with van der Waals surface area (Å²) in [6, 6.07) is 13.1. The van der Waals surface area contributed by atoms with Crippen LogP contribution in [0.4, 0.5) is 0 Å². The van der Waals surface area contributed by atoms with Crippen LogP contribution in [0.3, 0.4) is 0 Å². The number of carbonyl (C=O) groups excluding carboxylic acids is 2. The summed E-state index contributed by atoms with van der Waals surface area (Å²) in [5, 5.41) is 2.72. The van der Waals surface area contributed by atoms with E-state index in [1.54, 1.807) is 26.0 Å². The van der Waals surface area contributed by atoms with Gasteiger partial charge in [0.05, 0.1) is 11.4 Å². The number of hydrogen-bond acceptors (Lipinski definition) is 4. The largest absolute Gasteiger partial charge is 0.355 e. The van der Waals surface area contributed by atoms with Gasteiger partial charge in [0.1, 0.15) is 6.04 Å². The Morgan fingerprint density at radius 3 is 2.35 bits per heavy atom. The number of amides is 2. The van der Waals surface area contributed by atoms with Gasteiger partial charge in [0.2, 0.25) is 21.8 Å². The third-order valence-electron chi connectivity index (χ3n) is 4.85. The summed E-state index contributed by atoms with van der Waals surface area (Å²) in [5.74, 6) is -0.758. The van der Waals surface area contributed by atoms with Gasteiger partial charge in [0, 0.05) is 24.6 Å². The second-order valence-corrected chi connectivity index (χ2v) is 10.3. The average molecular weight is 510 g/mol. The minimum absolute atomic E-state index is 0.115. The predicted octanol–water partition coefficient (Wildman–Crippen LogP) is 2.93. The lowest BCUT2D eigenvalue weighted by molar-refractivity contribution is -0.140. The van der Waals surface area contributed by atoms with Crippen molar-refractivity contribution in [2.75, 3.05) is 20.1 Å². The molecule has 0 radical (unpaired) electrons. The maximum atomic E-state index is 13.2. The molecule has 1 N–H and O–H groups in total. The molecule has 0 unspecified atom stereocenters. The van der Waals surface area contributed by atoms with Crippen LogP contribution in [0.25, 0.3) is 0 Å². The zero-order chi connectivity index (χ0) is 23.2. The summed E-state index contributed by atoms with van der Waals surface area (Å²) in [6.07, 6.45) is 0. The Hall–Kier alpha value is -2.23. The van der Waals surface area contributed by atoms with Gasteiger partial charge in [-0.1, -0.05) is 45.8 Å². The van der Waals surface area contributed by atoms with Crippen LogP contribution in [0.1, 0.15) is 25.0 Å². The molecular formula is C22H28BrN3O4S. The number of halogens is 1. The molecule has 9 heteroatoms. The van der Waals surface area contributed by atoms with Crippen LogP contribution in [0.2, 0.25) is 0 Å². The first kappa shape index (κ1) is 25.0. The van der Waals surface area contributed by atoms with E-state index in [9.17, 15) is 18.0 Å². The average Bonchev–Trinajstić information content (AvgIpc) is 2.72. The number of aryl methyl sites for hydroxylation is 1. The van der Waals surface area contributed by atoms with Gasteiger partial charge in [-0.3, -0.25) is 9.59 Å². The number of benzene rings is 2. The summed E-state index contributed by atoms with van der Waals surface area (Å²) in [6.45, 7) is 5.53. The number of carbonyl (C=O) groups is 2. The van der Waals surface area contributed by atoms with Gasteiger partial charge in [-0.2, -0.15) is 4.31 Å². The molecule has 0 aliphatic heterocycles. The zero-order valence-corrected chi connectivity index (χ0v) is 20.5. The Morgan fingerprint density at radius 2 is 1.77 bits per heavy atom. The molecular weight excluding hydrogens is 482 g/mol. The molecule has 2 amide bonds. The van der Waals surface area contributed by atoms with Crippen molar-refractivity contribution in [2.24, 2.45) is 0 Å². The van der Waals surface area contributed by atoms with E-state index < -0.39 is 22.0 Å². The summed E-state index contributed by atoms with van der Waals surface area (Å²) in [5.41, 5.74) is 1.76. The Kier molecular flexibility index (Phi) is 8.79. The van der Waals surface area contributed by atoms with Crippen LogP contribution in [0.5, 0.6) is 0 Å². The van der Waals surface area contributed by atoms with Crippen molar-refractivity contribution in [1.29, 1.82) is 0 Å². The van der Waals surface area contributed by atoms with Crippen LogP contribution in [0.15, 0.2) is 57.9 Å². The van der Waals surface area contributed by atoms with Crippen LogP contribution in [0, 0.1) is 6.92 Å². The van der Waals surface area contributed by atoms with Crippen molar-refractivity contribution < 1.29 is 18.0 Å². The number of nitrogens with zero attached hydrogens (tertiary/aromatic N) is 2. The third kappa shape index (κ3) is 6.62. The number of sulfonamides is 1. The lowest BCUT2D eigenvalue weighted by atomic mass is 10.1. The number of hydrogen-bond donors (Lipinski definition) is 1. The van der Waals surface area contributed by atoms with Crippen LogP contribution < -0.4 is 5.32 Å². The molecule has 31 heavy (non-hydrogen) atoms. The molecule has 0 aromatic heterocycles. The van der Waals surface area contributed by atoms with E-state index in [0.717, 1.165) is 19.9 Å². The molecule has 0 aliphatic carbocycles. The van der Waals surface area contributed by atoms with Crippen LogP contribution in [-0.4, -0.2) is 55.6 Å². The second-order valence-electron chi connectivity index (χ2n) is 7.30. The van der Waals surface area contributed by atoms with Gasteiger partial charge in [-0.25, -0.2) is 8.42 Å². The fourth-order valence-electron chi connectivity index (χ4n) is 2.99. The molecule has 168 valence electrons. The lowest BCUT2D eigenvalue weighted by Gasteiger charge is -2.30. The minimum Gasteiger partial charge on any atom is -0.355 e. The second kappa shape index (κ2) is 10.9. The van der Waals surface area contributed by atoms with Crippen LogP contribution >= 0.6 is 15.9 Å². The standard InChI is InChI=1S/C22H28BrN3O4S/c1-5-24-22(28)17(3)26(14-18-7-6-8-19(23)13-18)21(27)15-25(4)31(29,30)20-11-9-16(2)10-12-20/h6-13,17H,5,14-15H2,1-4H3,(H,24,28)/t17-/m0/s1. The zero-order valence-electron chi connectivity index (χ0n) is 18.1. The summed E-state index contributed by atoms with van der Waals surface area (Å²) in [4.78, 5) is 27.1. The Labute approximate surface area is 192 Å². The molecule has 0 saturated heterocycles. The highest BCUT2D eigenvalue weighted by Crippen LogP contribution is 2.18. The molecule has 0 aliphatic rings. The normalized spacial score (nSPS) is 12.5. The van der Waals surface area contributed by atoms with E-state index >= 15 is 0 Å². The Bertz CT molecular complexity index is 1030. The first-order valence-corrected chi connectivity index (χ1v) is 12.1. The van der Waals surface area contributed by atoms with Gasteiger partial charge in [-0.05, 0) is 50.6 Å². The van der Waals surface area contributed by atoms with Gasteiger partial charge < -0.3 is 10.2 Å². The van der Waals surface area contributed by atoms with E-state index in [1.807, 2.05) is 31.2 Å². The van der Waals surface area contributed by atoms with Gasteiger partial charge in [-0.15, -0.1) is 0 Å².